The van der Waals surface area contributed by atoms with Crippen molar-refractivity contribution in [2.75, 3.05) is 26.2 Å². The molecule has 4 saturated carbocycles. The first-order valence-corrected chi connectivity index (χ1v) is 13.2. The van der Waals surface area contributed by atoms with E-state index in [0.717, 1.165) is 18.3 Å². The zero-order valence-corrected chi connectivity index (χ0v) is 18.8. The van der Waals surface area contributed by atoms with Gasteiger partial charge in [-0.05, 0) is 101 Å². The van der Waals surface area contributed by atoms with E-state index in [1.54, 1.807) is 0 Å². The van der Waals surface area contributed by atoms with Crippen molar-refractivity contribution in [2.45, 2.75) is 115 Å². The van der Waals surface area contributed by atoms with Crippen molar-refractivity contribution in [3.63, 3.8) is 0 Å². The number of aliphatic hydroxyl groups is 1. The van der Waals surface area contributed by atoms with Crippen LogP contribution in [0.5, 0.6) is 0 Å². The number of quaternary nitrogens is 1. The molecule has 0 aromatic rings. The van der Waals surface area contributed by atoms with E-state index in [-0.39, 0.29) is 5.60 Å². The standard InChI is InChI=1S/C26H48NO/c1-2-3-4-5-6-8-13-27(14-9-7-10-15-27)16-11-12-26(28)24-18-22-17-23(20-24)21-25(26)19-22/h22-25,28H,2-21H2,1H3/q+1. The molecule has 1 aliphatic heterocycles. The summed E-state index contributed by atoms with van der Waals surface area (Å²) in [5, 5.41) is 11.7. The second-order valence-corrected chi connectivity index (χ2v) is 11.5. The normalized spacial score (nSPS) is 38.8. The number of rotatable bonds is 11. The highest BCUT2D eigenvalue weighted by Crippen LogP contribution is 2.59. The Morgan fingerprint density at radius 3 is 1.93 bits per heavy atom. The van der Waals surface area contributed by atoms with Crippen LogP contribution < -0.4 is 0 Å². The summed E-state index contributed by atoms with van der Waals surface area (Å²) in [5.74, 6) is 3.24. The lowest BCUT2D eigenvalue weighted by Gasteiger charge is -2.59. The molecule has 0 atom stereocenters. The van der Waals surface area contributed by atoms with Gasteiger partial charge in [-0.25, -0.2) is 0 Å². The van der Waals surface area contributed by atoms with Gasteiger partial charge in [-0.3, -0.25) is 0 Å². The molecule has 0 aromatic heterocycles. The molecule has 4 bridgehead atoms. The Morgan fingerprint density at radius 2 is 1.29 bits per heavy atom. The van der Waals surface area contributed by atoms with Crippen molar-refractivity contribution in [3.05, 3.63) is 0 Å². The Bertz CT molecular complexity index is 453. The maximum Gasteiger partial charge on any atom is 0.0787 e. The van der Waals surface area contributed by atoms with Gasteiger partial charge < -0.3 is 9.59 Å². The van der Waals surface area contributed by atoms with Crippen LogP contribution in [-0.2, 0) is 0 Å². The van der Waals surface area contributed by atoms with Crippen LogP contribution in [0.2, 0.25) is 0 Å². The maximum absolute atomic E-state index is 11.7. The Hall–Kier alpha value is -0.0800. The average molecular weight is 391 g/mol. The smallest absolute Gasteiger partial charge is 0.0787 e. The van der Waals surface area contributed by atoms with Crippen molar-refractivity contribution in [1.82, 2.24) is 0 Å². The minimum absolute atomic E-state index is 0.284. The fraction of sp³-hybridized carbons (Fsp3) is 1.00. The number of hydrogen-bond acceptors (Lipinski definition) is 1. The molecule has 1 N–H and O–H groups in total. The second kappa shape index (κ2) is 9.38. The zero-order valence-electron chi connectivity index (χ0n) is 18.8. The highest BCUT2D eigenvalue weighted by atomic mass is 16.3. The van der Waals surface area contributed by atoms with E-state index in [9.17, 15) is 5.11 Å². The number of unbranched alkanes of at least 4 members (excludes halogenated alkanes) is 5. The molecule has 0 amide bonds. The van der Waals surface area contributed by atoms with Crippen molar-refractivity contribution >= 4 is 0 Å². The number of hydrogen-bond donors (Lipinski definition) is 1. The zero-order chi connectivity index (χ0) is 19.5. The summed E-state index contributed by atoms with van der Waals surface area (Å²) in [6.07, 6.45) is 22.1. The summed E-state index contributed by atoms with van der Waals surface area (Å²) < 4.78 is 1.39. The van der Waals surface area contributed by atoms with Crippen molar-refractivity contribution in [3.8, 4) is 0 Å². The van der Waals surface area contributed by atoms with Crippen LogP contribution in [0.4, 0.5) is 0 Å². The van der Waals surface area contributed by atoms with Gasteiger partial charge in [0.2, 0.25) is 0 Å². The lowest BCUT2D eigenvalue weighted by atomic mass is 9.49. The molecule has 2 nitrogen and oxygen atoms in total. The van der Waals surface area contributed by atoms with E-state index in [2.05, 4.69) is 6.92 Å². The van der Waals surface area contributed by atoms with Crippen LogP contribution in [0.15, 0.2) is 0 Å². The third-order valence-corrected chi connectivity index (χ3v) is 9.51. The molecule has 0 spiro atoms. The van der Waals surface area contributed by atoms with E-state index in [1.807, 2.05) is 0 Å². The molecule has 0 aromatic carbocycles. The monoisotopic (exact) mass is 390 g/mol. The first-order valence-electron chi connectivity index (χ1n) is 13.2. The van der Waals surface area contributed by atoms with Gasteiger partial charge in [-0.2, -0.15) is 0 Å². The van der Waals surface area contributed by atoms with E-state index in [0.29, 0.717) is 11.8 Å². The number of piperidine rings is 1. The molecule has 4 aliphatic carbocycles. The van der Waals surface area contributed by atoms with E-state index in [4.69, 9.17) is 0 Å². The first-order chi connectivity index (χ1) is 13.6. The fourth-order valence-corrected chi connectivity index (χ4v) is 8.08. The third kappa shape index (κ3) is 4.64. The Balaban J connectivity index is 1.26. The molecule has 1 heterocycles. The SMILES string of the molecule is CCCCCCCC[N+]1(CCCC2(O)C3CC4CC(C3)CC2C4)CCCCC1. The van der Waals surface area contributed by atoms with E-state index >= 15 is 0 Å². The van der Waals surface area contributed by atoms with Gasteiger partial charge >= 0.3 is 0 Å². The Morgan fingerprint density at radius 1 is 0.714 bits per heavy atom. The Labute approximate surface area is 175 Å². The molecule has 2 heteroatoms. The summed E-state index contributed by atoms with van der Waals surface area (Å²) in [7, 11) is 0. The van der Waals surface area contributed by atoms with Crippen molar-refractivity contribution in [1.29, 1.82) is 0 Å². The van der Waals surface area contributed by atoms with Crippen LogP contribution in [0, 0.1) is 23.7 Å². The summed E-state index contributed by atoms with van der Waals surface area (Å²) in [6.45, 7) is 7.92. The van der Waals surface area contributed by atoms with Crippen LogP contribution in [-0.4, -0.2) is 41.4 Å². The largest absolute Gasteiger partial charge is 0.389 e. The van der Waals surface area contributed by atoms with Crippen LogP contribution in [0.3, 0.4) is 0 Å². The maximum atomic E-state index is 11.7. The summed E-state index contributed by atoms with van der Waals surface area (Å²) in [6, 6.07) is 0. The lowest BCUT2D eigenvalue weighted by molar-refractivity contribution is -0.933. The molecule has 0 unspecified atom stereocenters. The molecular formula is C26H48NO+. The number of likely N-dealkylation sites (tertiary alicyclic amines) is 1. The van der Waals surface area contributed by atoms with Gasteiger partial charge in [0.1, 0.15) is 0 Å². The Kier molecular flexibility index (Phi) is 7.09. The topological polar surface area (TPSA) is 20.2 Å². The second-order valence-electron chi connectivity index (χ2n) is 11.5. The van der Waals surface area contributed by atoms with Gasteiger partial charge in [-0.15, -0.1) is 0 Å². The quantitative estimate of drug-likeness (QED) is 0.323. The van der Waals surface area contributed by atoms with Gasteiger partial charge in [0.15, 0.2) is 0 Å². The highest BCUT2D eigenvalue weighted by Gasteiger charge is 2.56. The van der Waals surface area contributed by atoms with Gasteiger partial charge in [0.25, 0.3) is 0 Å². The van der Waals surface area contributed by atoms with E-state index in [1.165, 1.54) is 127 Å². The highest BCUT2D eigenvalue weighted by molar-refractivity contribution is 5.06. The lowest BCUT2D eigenvalue weighted by Crippen LogP contribution is -2.58. The fourth-order valence-electron chi connectivity index (χ4n) is 8.08. The van der Waals surface area contributed by atoms with Gasteiger partial charge in [0, 0.05) is 0 Å². The molecule has 5 rings (SSSR count). The molecular weight excluding hydrogens is 342 g/mol. The summed E-state index contributed by atoms with van der Waals surface area (Å²) >= 11 is 0. The molecule has 0 radical (unpaired) electrons. The van der Waals surface area contributed by atoms with Gasteiger partial charge in [-0.1, -0.05) is 32.6 Å². The van der Waals surface area contributed by atoms with Crippen LogP contribution >= 0.6 is 0 Å². The predicted molar refractivity (Wildman–Crippen MR) is 118 cm³/mol. The summed E-state index contributed by atoms with van der Waals surface area (Å²) in [4.78, 5) is 0. The van der Waals surface area contributed by atoms with Crippen molar-refractivity contribution in [2.24, 2.45) is 23.7 Å². The molecule has 1 saturated heterocycles. The first kappa shape index (κ1) is 21.2. The number of nitrogens with zero attached hydrogens (tertiary/aromatic N) is 1. The molecule has 5 fully saturated rings. The minimum atomic E-state index is -0.284. The van der Waals surface area contributed by atoms with Gasteiger partial charge in [0.05, 0.1) is 31.8 Å². The summed E-state index contributed by atoms with van der Waals surface area (Å²) in [5.41, 5.74) is -0.284. The minimum Gasteiger partial charge on any atom is -0.389 e. The van der Waals surface area contributed by atoms with Crippen LogP contribution in [0.1, 0.15) is 110 Å². The molecule has 5 aliphatic rings. The molecule has 28 heavy (non-hydrogen) atoms. The third-order valence-electron chi connectivity index (χ3n) is 9.51. The van der Waals surface area contributed by atoms with E-state index < -0.39 is 0 Å². The average Bonchev–Trinajstić information content (AvgIpc) is 2.69. The van der Waals surface area contributed by atoms with Crippen molar-refractivity contribution < 1.29 is 9.59 Å². The van der Waals surface area contributed by atoms with Crippen LogP contribution in [0.25, 0.3) is 0 Å². The predicted octanol–water partition coefficient (Wildman–Crippen LogP) is 6.32. The molecule has 162 valence electrons.